The molecular formula is C22H20N6O3. The molecule has 5 rings (SSSR count). The maximum atomic E-state index is 13.2. The number of nitrogens with zero attached hydrogens (tertiary/aromatic N) is 4. The monoisotopic (exact) mass is 416 g/mol. The van der Waals surface area contributed by atoms with E-state index in [1.54, 1.807) is 34.2 Å². The van der Waals surface area contributed by atoms with Crippen molar-refractivity contribution >= 4 is 17.8 Å². The third-order valence-corrected chi connectivity index (χ3v) is 5.73. The molecule has 156 valence electrons. The molecule has 0 spiro atoms. The average molecular weight is 416 g/mol. The van der Waals surface area contributed by atoms with E-state index in [9.17, 15) is 14.4 Å². The van der Waals surface area contributed by atoms with E-state index < -0.39 is 17.5 Å². The lowest BCUT2D eigenvalue weighted by Gasteiger charge is -2.30. The molecule has 3 aromatic rings. The van der Waals surface area contributed by atoms with E-state index in [0.29, 0.717) is 12.1 Å². The molecule has 0 aliphatic carbocycles. The molecule has 0 saturated carbocycles. The zero-order chi connectivity index (χ0) is 21.6. The summed E-state index contributed by atoms with van der Waals surface area (Å²) in [5.41, 5.74) is 2.86. The van der Waals surface area contributed by atoms with Gasteiger partial charge in [0.15, 0.2) is 0 Å². The molecule has 1 aromatic carbocycles. The molecule has 1 saturated heterocycles. The number of carbonyl (C=O) groups is 3. The van der Waals surface area contributed by atoms with Crippen LogP contribution in [-0.2, 0) is 24.8 Å². The van der Waals surface area contributed by atoms with Crippen LogP contribution in [0.3, 0.4) is 0 Å². The Labute approximate surface area is 178 Å². The first kappa shape index (κ1) is 19.0. The lowest BCUT2D eigenvalue weighted by Crippen LogP contribution is -2.56. The molecule has 1 atom stereocenters. The number of hydrogen-bond acceptors (Lipinski definition) is 5. The Morgan fingerprint density at radius 3 is 2.68 bits per heavy atom. The standard InChI is InChI=1S/C22H20N6O3/c1-27-11-17(10-24-27)15-4-5-16-12-28(19(29)18(16)7-15)13-22(20(30)25-21(31)26-22)8-14-3-2-6-23-9-14/h2-7,9-11H,8,12-13H2,1H3,(H2,25,26,30,31)/t22-/m0/s1. The number of rotatable bonds is 5. The zero-order valence-electron chi connectivity index (χ0n) is 16.8. The number of amides is 4. The quantitative estimate of drug-likeness (QED) is 0.609. The number of hydrogen-bond donors (Lipinski definition) is 2. The Morgan fingerprint density at radius 2 is 2.00 bits per heavy atom. The second kappa shape index (κ2) is 7.05. The van der Waals surface area contributed by atoms with Crippen LogP contribution in [0, 0.1) is 0 Å². The second-order valence-corrected chi connectivity index (χ2v) is 7.96. The van der Waals surface area contributed by atoms with E-state index in [1.165, 1.54) is 0 Å². The van der Waals surface area contributed by atoms with E-state index in [1.807, 2.05) is 37.5 Å². The third kappa shape index (κ3) is 3.33. The van der Waals surface area contributed by atoms with Gasteiger partial charge in [0.25, 0.3) is 11.8 Å². The van der Waals surface area contributed by atoms with Gasteiger partial charge in [-0.3, -0.25) is 24.6 Å². The highest BCUT2D eigenvalue weighted by molar-refractivity contribution is 6.08. The van der Waals surface area contributed by atoms with E-state index in [2.05, 4.69) is 20.7 Å². The Morgan fingerprint density at radius 1 is 1.13 bits per heavy atom. The Balaban J connectivity index is 1.43. The van der Waals surface area contributed by atoms with Crippen molar-refractivity contribution in [2.45, 2.75) is 18.5 Å². The van der Waals surface area contributed by atoms with Crippen LogP contribution in [0.2, 0.25) is 0 Å². The summed E-state index contributed by atoms with van der Waals surface area (Å²) in [5.74, 6) is -0.610. The fraction of sp³-hybridized carbons (Fsp3) is 0.227. The van der Waals surface area contributed by atoms with Crippen LogP contribution < -0.4 is 10.6 Å². The summed E-state index contributed by atoms with van der Waals surface area (Å²) >= 11 is 0. The van der Waals surface area contributed by atoms with Crippen molar-refractivity contribution in [3.05, 3.63) is 71.8 Å². The van der Waals surface area contributed by atoms with E-state index in [-0.39, 0.29) is 18.9 Å². The van der Waals surface area contributed by atoms with Gasteiger partial charge in [-0.05, 0) is 28.8 Å². The van der Waals surface area contributed by atoms with Gasteiger partial charge in [0, 0.05) is 49.7 Å². The number of benzene rings is 1. The van der Waals surface area contributed by atoms with Crippen molar-refractivity contribution in [2.24, 2.45) is 7.05 Å². The Kier molecular flexibility index (Phi) is 4.32. The highest BCUT2D eigenvalue weighted by Crippen LogP contribution is 2.30. The van der Waals surface area contributed by atoms with Crippen LogP contribution in [0.5, 0.6) is 0 Å². The van der Waals surface area contributed by atoms with Gasteiger partial charge in [0.05, 0.1) is 12.7 Å². The predicted molar refractivity (Wildman–Crippen MR) is 111 cm³/mol. The van der Waals surface area contributed by atoms with Gasteiger partial charge in [0.2, 0.25) is 0 Å². The second-order valence-electron chi connectivity index (χ2n) is 7.96. The maximum absolute atomic E-state index is 13.2. The van der Waals surface area contributed by atoms with Gasteiger partial charge in [-0.25, -0.2) is 4.79 Å². The maximum Gasteiger partial charge on any atom is 0.322 e. The minimum Gasteiger partial charge on any atom is -0.331 e. The molecule has 2 aromatic heterocycles. The summed E-state index contributed by atoms with van der Waals surface area (Å²) in [4.78, 5) is 43.6. The Bertz CT molecular complexity index is 1200. The van der Waals surface area contributed by atoms with Gasteiger partial charge in [-0.15, -0.1) is 0 Å². The number of urea groups is 1. The van der Waals surface area contributed by atoms with Gasteiger partial charge < -0.3 is 10.2 Å². The number of imide groups is 1. The molecular weight excluding hydrogens is 396 g/mol. The molecule has 2 aliphatic rings. The van der Waals surface area contributed by atoms with Gasteiger partial charge in [-0.2, -0.15) is 5.10 Å². The summed E-state index contributed by atoms with van der Waals surface area (Å²) < 4.78 is 1.71. The van der Waals surface area contributed by atoms with E-state index in [0.717, 1.165) is 22.3 Å². The first-order valence-corrected chi connectivity index (χ1v) is 9.87. The number of carbonyl (C=O) groups excluding carboxylic acids is 3. The molecule has 4 amide bonds. The molecule has 0 bridgehead atoms. The lowest BCUT2D eigenvalue weighted by molar-refractivity contribution is -0.124. The van der Waals surface area contributed by atoms with Crippen molar-refractivity contribution in [3.63, 3.8) is 0 Å². The van der Waals surface area contributed by atoms with Crippen molar-refractivity contribution in [1.82, 2.24) is 30.3 Å². The average Bonchev–Trinajstić information content (AvgIpc) is 3.39. The molecule has 9 heteroatoms. The van der Waals surface area contributed by atoms with E-state index in [4.69, 9.17) is 0 Å². The number of aryl methyl sites for hydroxylation is 1. The smallest absolute Gasteiger partial charge is 0.322 e. The van der Waals surface area contributed by atoms with Crippen LogP contribution in [0.15, 0.2) is 55.1 Å². The van der Waals surface area contributed by atoms with Crippen LogP contribution in [-0.4, -0.2) is 49.6 Å². The molecule has 2 aliphatic heterocycles. The zero-order valence-corrected chi connectivity index (χ0v) is 16.8. The predicted octanol–water partition coefficient (Wildman–Crippen LogP) is 1.26. The number of nitrogens with one attached hydrogen (secondary N) is 2. The molecule has 0 radical (unpaired) electrons. The van der Waals surface area contributed by atoms with Crippen molar-refractivity contribution < 1.29 is 14.4 Å². The van der Waals surface area contributed by atoms with Crippen LogP contribution in [0.25, 0.3) is 11.1 Å². The van der Waals surface area contributed by atoms with Crippen molar-refractivity contribution in [2.75, 3.05) is 6.54 Å². The van der Waals surface area contributed by atoms with Crippen molar-refractivity contribution in [1.29, 1.82) is 0 Å². The first-order chi connectivity index (χ1) is 14.9. The van der Waals surface area contributed by atoms with Crippen LogP contribution in [0.1, 0.15) is 21.5 Å². The normalized spacial score (nSPS) is 20.0. The summed E-state index contributed by atoms with van der Waals surface area (Å²) in [6.07, 6.45) is 7.17. The summed E-state index contributed by atoms with van der Waals surface area (Å²) in [5, 5.41) is 9.25. The van der Waals surface area contributed by atoms with Gasteiger partial charge in [0.1, 0.15) is 5.54 Å². The summed E-state index contributed by atoms with van der Waals surface area (Å²) in [6, 6.07) is 8.80. The largest absolute Gasteiger partial charge is 0.331 e. The first-order valence-electron chi connectivity index (χ1n) is 9.87. The number of aromatic nitrogens is 3. The SMILES string of the molecule is Cn1cc(-c2ccc3c(c2)C(=O)N(C[C@]2(Cc4cccnc4)NC(=O)NC2=O)C3)cn1. The summed E-state index contributed by atoms with van der Waals surface area (Å²) in [7, 11) is 1.84. The minimum atomic E-state index is -1.25. The Hall–Kier alpha value is -4.01. The third-order valence-electron chi connectivity index (χ3n) is 5.73. The lowest BCUT2D eigenvalue weighted by atomic mass is 9.90. The van der Waals surface area contributed by atoms with Gasteiger partial charge >= 0.3 is 6.03 Å². The minimum absolute atomic E-state index is 0.0647. The molecule has 0 unspecified atom stereocenters. The van der Waals surface area contributed by atoms with Gasteiger partial charge in [-0.1, -0.05) is 18.2 Å². The fourth-order valence-corrected chi connectivity index (χ4v) is 4.24. The number of fused-ring (bicyclic) bond motifs is 1. The molecule has 2 N–H and O–H groups in total. The fourth-order valence-electron chi connectivity index (χ4n) is 4.24. The highest BCUT2D eigenvalue weighted by Gasteiger charge is 2.49. The highest BCUT2D eigenvalue weighted by atomic mass is 16.2. The van der Waals surface area contributed by atoms with E-state index >= 15 is 0 Å². The van der Waals surface area contributed by atoms with Crippen molar-refractivity contribution in [3.8, 4) is 11.1 Å². The number of pyridine rings is 1. The summed E-state index contributed by atoms with van der Waals surface area (Å²) in [6.45, 7) is 0.439. The topological polar surface area (TPSA) is 109 Å². The molecule has 1 fully saturated rings. The molecule has 9 nitrogen and oxygen atoms in total. The van der Waals surface area contributed by atoms with Crippen LogP contribution in [0.4, 0.5) is 4.79 Å². The molecule has 4 heterocycles. The van der Waals surface area contributed by atoms with Crippen LogP contribution >= 0.6 is 0 Å². The molecule has 31 heavy (non-hydrogen) atoms.